The number of hydrogen-bond donors (Lipinski definition) is 1. The third-order valence-electron chi connectivity index (χ3n) is 4.58. The van der Waals surface area contributed by atoms with Crippen LogP contribution in [0.2, 0.25) is 0 Å². The highest BCUT2D eigenvalue weighted by atomic mass is 16.1. The van der Waals surface area contributed by atoms with Crippen molar-refractivity contribution >= 4 is 16.8 Å². The summed E-state index contributed by atoms with van der Waals surface area (Å²) in [6.45, 7) is 0. The van der Waals surface area contributed by atoms with E-state index in [1.165, 1.54) is 5.56 Å². The lowest BCUT2D eigenvalue weighted by atomic mass is 9.84. The molecule has 0 bridgehead atoms. The Kier molecular flexibility index (Phi) is 3.06. The molecule has 1 N–H and O–H groups in total. The van der Waals surface area contributed by atoms with E-state index in [0.29, 0.717) is 24.5 Å². The number of aromatic nitrogens is 4. The molecule has 0 aliphatic heterocycles. The summed E-state index contributed by atoms with van der Waals surface area (Å²) in [5.41, 5.74) is 4.36. The lowest BCUT2D eigenvalue weighted by Crippen LogP contribution is -2.12. The van der Waals surface area contributed by atoms with Crippen LogP contribution in [-0.4, -0.2) is 25.5 Å². The van der Waals surface area contributed by atoms with Crippen LogP contribution in [0.1, 0.15) is 37.2 Å². The second-order valence-electron chi connectivity index (χ2n) is 6.08. The molecule has 5 nitrogen and oxygen atoms in total. The third-order valence-corrected chi connectivity index (χ3v) is 4.58. The minimum atomic E-state index is 0.392. The van der Waals surface area contributed by atoms with Crippen LogP contribution >= 0.6 is 0 Å². The van der Waals surface area contributed by atoms with Gasteiger partial charge in [-0.1, -0.05) is 0 Å². The minimum Gasteiger partial charge on any atom is -0.346 e. The summed E-state index contributed by atoms with van der Waals surface area (Å²) in [5, 5.41) is 5.37. The molecule has 5 heteroatoms. The van der Waals surface area contributed by atoms with Crippen LogP contribution in [-0.2, 0) is 11.8 Å². The zero-order chi connectivity index (χ0) is 15.1. The number of pyridine rings is 1. The molecule has 3 aromatic heterocycles. The van der Waals surface area contributed by atoms with Gasteiger partial charge in [0, 0.05) is 55.0 Å². The zero-order valence-electron chi connectivity index (χ0n) is 12.5. The van der Waals surface area contributed by atoms with Crippen LogP contribution < -0.4 is 0 Å². The summed E-state index contributed by atoms with van der Waals surface area (Å²) >= 11 is 0. The standard InChI is InChI=1S/C17H18N4O/c1-21-10-13(8-20-21)16-9-19-17-15(16)6-12(7-18-17)11-2-4-14(22)5-3-11/h6-11H,2-5H2,1H3,(H,18,19). The molecule has 0 radical (unpaired) electrons. The molecule has 0 aromatic carbocycles. The molecule has 1 fully saturated rings. The number of carbonyl (C=O) groups excluding carboxylic acids is 1. The Morgan fingerprint density at radius 2 is 2.09 bits per heavy atom. The van der Waals surface area contributed by atoms with Crippen molar-refractivity contribution in [1.82, 2.24) is 19.7 Å². The number of fused-ring (bicyclic) bond motifs is 1. The van der Waals surface area contributed by atoms with Gasteiger partial charge in [-0.05, 0) is 30.4 Å². The molecule has 0 atom stereocenters. The van der Waals surface area contributed by atoms with Gasteiger partial charge in [0.1, 0.15) is 11.4 Å². The van der Waals surface area contributed by atoms with E-state index in [0.717, 1.165) is 35.0 Å². The fraction of sp³-hybridized carbons (Fsp3) is 0.353. The molecule has 0 unspecified atom stereocenters. The second kappa shape index (κ2) is 5.09. The molecule has 0 spiro atoms. The van der Waals surface area contributed by atoms with Crippen LogP contribution in [0.15, 0.2) is 30.9 Å². The van der Waals surface area contributed by atoms with E-state index in [1.807, 2.05) is 31.8 Å². The van der Waals surface area contributed by atoms with Crippen molar-refractivity contribution < 1.29 is 4.79 Å². The van der Waals surface area contributed by atoms with Crippen molar-refractivity contribution in [2.75, 3.05) is 0 Å². The van der Waals surface area contributed by atoms with Gasteiger partial charge in [-0.25, -0.2) is 4.98 Å². The third kappa shape index (κ3) is 2.22. The van der Waals surface area contributed by atoms with E-state index in [9.17, 15) is 4.79 Å². The van der Waals surface area contributed by atoms with Crippen molar-refractivity contribution in [3.63, 3.8) is 0 Å². The number of carbonyl (C=O) groups is 1. The number of hydrogen-bond acceptors (Lipinski definition) is 3. The Morgan fingerprint density at radius 1 is 1.27 bits per heavy atom. The average Bonchev–Trinajstić information content (AvgIpc) is 3.13. The van der Waals surface area contributed by atoms with Crippen LogP contribution in [0.3, 0.4) is 0 Å². The molecule has 4 rings (SSSR count). The normalized spacial score (nSPS) is 16.5. The first-order chi connectivity index (χ1) is 10.7. The summed E-state index contributed by atoms with van der Waals surface area (Å²) in [7, 11) is 1.92. The highest BCUT2D eigenvalue weighted by molar-refractivity contribution is 5.93. The first-order valence-electron chi connectivity index (χ1n) is 7.68. The number of Topliss-reactive ketones (excluding diaryl/α,β-unsaturated/α-hetero) is 1. The largest absolute Gasteiger partial charge is 0.346 e. The monoisotopic (exact) mass is 294 g/mol. The van der Waals surface area contributed by atoms with Gasteiger partial charge in [-0.15, -0.1) is 0 Å². The van der Waals surface area contributed by atoms with Gasteiger partial charge in [0.2, 0.25) is 0 Å². The van der Waals surface area contributed by atoms with Crippen molar-refractivity contribution in [3.05, 3.63) is 36.4 Å². The van der Waals surface area contributed by atoms with E-state index in [1.54, 1.807) is 4.68 Å². The smallest absolute Gasteiger partial charge is 0.137 e. The highest BCUT2D eigenvalue weighted by Gasteiger charge is 2.21. The highest BCUT2D eigenvalue weighted by Crippen LogP contribution is 2.34. The van der Waals surface area contributed by atoms with Gasteiger partial charge in [-0.3, -0.25) is 9.48 Å². The molecule has 112 valence electrons. The SMILES string of the molecule is Cn1cc(-c2c[nH]c3ncc(C4CCC(=O)CC4)cc23)cn1. The summed E-state index contributed by atoms with van der Waals surface area (Å²) in [4.78, 5) is 19.2. The molecular weight excluding hydrogens is 276 g/mol. The van der Waals surface area contributed by atoms with E-state index >= 15 is 0 Å². The number of nitrogens with one attached hydrogen (secondary N) is 1. The fourth-order valence-corrected chi connectivity index (χ4v) is 3.32. The fourth-order valence-electron chi connectivity index (χ4n) is 3.32. The van der Waals surface area contributed by atoms with Gasteiger partial charge in [0.25, 0.3) is 0 Å². The Morgan fingerprint density at radius 3 is 2.82 bits per heavy atom. The molecule has 1 saturated carbocycles. The molecule has 3 heterocycles. The predicted octanol–water partition coefficient (Wildman–Crippen LogP) is 3.19. The molecular formula is C17H18N4O. The molecule has 1 aliphatic carbocycles. The number of rotatable bonds is 2. The lowest BCUT2D eigenvalue weighted by Gasteiger charge is -2.21. The molecule has 3 aromatic rings. The first-order valence-corrected chi connectivity index (χ1v) is 7.68. The number of aryl methyl sites for hydroxylation is 1. The van der Waals surface area contributed by atoms with Crippen LogP contribution in [0.25, 0.3) is 22.2 Å². The maximum atomic E-state index is 11.4. The number of nitrogens with zero attached hydrogens (tertiary/aromatic N) is 3. The van der Waals surface area contributed by atoms with Crippen molar-refractivity contribution in [1.29, 1.82) is 0 Å². The first kappa shape index (κ1) is 13.2. The van der Waals surface area contributed by atoms with Crippen LogP contribution in [0.4, 0.5) is 0 Å². The number of H-pyrrole nitrogens is 1. The summed E-state index contributed by atoms with van der Waals surface area (Å²) in [6, 6.07) is 2.22. The molecule has 0 amide bonds. The number of aromatic amines is 1. The van der Waals surface area contributed by atoms with Crippen LogP contribution in [0.5, 0.6) is 0 Å². The van der Waals surface area contributed by atoms with Gasteiger partial charge < -0.3 is 4.98 Å². The lowest BCUT2D eigenvalue weighted by molar-refractivity contribution is -0.120. The Balaban J connectivity index is 1.75. The Hall–Kier alpha value is -2.43. The van der Waals surface area contributed by atoms with Gasteiger partial charge in [0.15, 0.2) is 0 Å². The molecule has 1 aliphatic rings. The van der Waals surface area contributed by atoms with Crippen LogP contribution in [0, 0.1) is 0 Å². The summed E-state index contributed by atoms with van der Waals surface area (Å²) in [6.07, 6.45) is 11.1. The topological polar surface area (TPSA) is 63.6 Å². The number of ketones is 1. The van der Waals surface area contributed by atoms with E-state index in [2.05, 4.69) is 21.1 Å². The van der Waals surface area contributed by atoms with Crippen molar-refractivity contribution in [2.45, 2.75) is 31.6 Å². The van der Waals surface area contributed by atoms with E-state index in [4.69, 9.17) is 0 Å². The molecule has 0 saturated heterocycles. The Labute approximate surface area is 128 Å². The maximum absolute atomic E-state index is 11.4. The van der Waals surface area contributed by atoms with Gasteiger partial charge in [-0.2, -0.15) is 5.10 Å². The average molecular weight is 294 g/mol. The molecule has 22 heavy (non-hydrogen) atoms. The van der Waals surface area contributed by atoms with Gasteiger partial charge in [0.05, 0.1) is 6.20 Å². The van der Waals surface area contributed by atoms with Crippen molar-refractivity contribution in [3.8, 4) is 11.1 Å². The Bertz CT molecular complexity index is 835. The van der Waals surface area contributed by atoms with E-state index in [-0.39, 0.29) is 0 Å². The quantitative estimate of drug-likeness (QED) is 0.789. The minimum absolute atomic E-state index is 0.392. The van der Waals surface area contributed by atoms with Gasteiger partial charge >= 0.3 is 0 Å². The summed E-state index contributed by atoms with van der Waals surface area (Å²) in [5.74, 6) is 0.842. The second-order valence-corrected chi connectivity index (χ2v) is 6.08. The zero-order valence-corrected chi connectivity index (χ0v) is 12.5. The van der Waals surface area contributed by atoms with Crippen molar-refractivity contribution in [2.24, 2.45) is 7.05 Å². The maximum Gasteiger partial charge on any atom is 0.137 e. The predicted molar refractivity (Wildman–Crippen MR) is 84.5 cm³/mol. The van der Waals surface area contributed by atoms with E-state index < -0.39 is 0 Å². The summed E-state index contributed by atoms with van der Waals surface area (Å²) < 4.78 is 1.80.